The second kappa shape index (κ2) is 6.99. The number of halogens is 1. The van der Waals surface area contributed by atoms with E-state index in [-0.39, 0.29) is 12.5 Å². The average Bonchev–Trinajstić information content (AvgIpc) is 2.53. The third-order valence-electron chi connectivity index (χ3n) is 3.47. The molecule has 110 valence electrons. The van der Waals surface area contributed by atoms with Crippen molar-refractivity contribution in [2.75, 3.05) is 6.61 Å². The average molecular weight is 287 g/mol. The molecule has 2 aromatic rings. The highest BCUT2D eigenvalue weighted by Crippen LogP contribution is 2.20. The zero-order chi connectivity index (χ0) is 15.2. The van der Waals surface area contributed by atoms with Crippen LogP contribution >= 0.6 is 0 Å². The third kappa shape index (κ3) is 3.67. The predicted molar refractivity (Wildman–Crippen MR) is 79.2 cm³/mol. The Morgan fingerprint density at radius 1 is 1.14 bits per heavy atom. The minimum absolute atomic E-state index is 0.209. The minimum atomic E-state index is -0.621. The molecule has 4 heteroatoms. The number of nitrogens with one attached hydrogen (secondary N) is 1. The Bertz CT molecular complexity index is 601. The van der Waals surface area contributed by atoms with Crippen molar-refractivity contribution in [2.45, 2.75) is 18.9 Å². The molecule has 0 heterocycles. The Hall–Kier alpha value is -2.20. The van der Waals surface area contributed by atoms with Crippen molar-refractivity contribution in [1.29, 1.82) is 0 Å². The Labute approximate surface area is 123 Å². The highest BCUT2D eigenvalue weighted by atomic mass is 19.1. The molecule has 0 saturated carbocycles. The first-order valence-corrected chi connectivity index (χ1v) is 6.84. The van der Waals surface area contributed by atoms with Gasteiger partial charge in [-0.2, -0.15) is 0 Å². The number of amides is 1. The molecule has 0 bridgehead atoms. The van der Waals surface area contributed by atoms with E-state index in [1.807, 2.05) is 30.3 Å². The Morgan fingerprint density at radius 3 is 2.38 bits per heavy atom. The SMILES string of the molecule is CC(C(=O)N[C@H](CO)c1ccccc1)c1ccccc1F. The van der Waals surface area contributed by atoms with Gasteiger partial charge in [0.15, 0.2) is 0 Å². The second-order valence-corrected chi connectivity index (χ2v) is 4.90. The lowest BCUT2D eigenvalue weighted by atomic mass is 9.98. The number of aliphatic hydroxyl groups is 1. The molecule has 3 nitrogen and oxygen atoms in total. The lowest BCUT2D eigenvalue weighted by Gasteiger charge is -2.20. The van der Waals surface area contributed by atoms with Crippen LogP contribution in [0.15, 0.2) is 54.6 Å². The van der Waals surface area contributed by atoms with Crippen molar-refractivity contribution < 1.29 is 14.3 Å². The largest absolute Gasteiger partial charge is 0.394 e. The Morgan fingerprint density at radius 2 is 1.76 bits per heavy atom. The fraction of sp³-hybridized carbons (Fsp3) is 0.235. The summed E-state index contributed by atoms with van der Waals surface area (Å²) in [5, 5.41) is 12.2. The van der Waals surface area contributed by atoms with Crippen molar-refractivity contribution in [3.05, 3.63) is 71.5 Å². The topological polar surface area (TPSA) is 49.3 Å². The monoisotopic (exact) mass is 287 g/mol. The quantitative estimate of drug-likeness (QED) is 0.888. The van der Waals surface area contributed by atoms with Crippen LogP contribution in [0.3, 0.4) is 0 Å². The lowest BCUT2D eigenvalue weighted by molar-refractivity contribution is -0.123. The van der Waals surface area contributed by atoms with E-state index in [0.717, 1.165) is 5.56 Å². The zero-order valence-corrected chi connectivity index (χ0v) is 11.8. The Kier molecular flexibility index (Phi) is 5.06. The molecular weight excluding hydrogens is 269 g/mol. The number of rotatable bonds is 5. The van der Waals surface area contributed by atoms with Gasteiger partial charge in [-0.1, -0.05) is 48.5 Å². The molecule has 1 amide bonds. The summed E-state index contributed by atoms with van der Waals surface area (Å²) in [6, 6.07) is 14.9. The zero-order valence-electron chi connectivity index (χ0n) is 11.8. The number of hydrogen-bond acceptors (Lipinski definition) is 2. The number of carbonyl (C=O) groups is 1. The molecular formula is C17H18FNO2. The van der Waals surface area contributed by atoms with Crippen molar-refractivity contribution in [1.82, 2.24) is 5.32 Å². The molecule has 0 aliphatic carbocycles. The summed E-state index contributed by atoms with van der Waals surface area (Å²) in [4.78, 5) is 12.2. The molecule has 2 atom stereocenters. The maximum atomic E-state index is 13.7. The first-order chi connectivity index (χ1) is 10.1. The first kappa shape index (κ1) is 15.2. The van der Waals surface area contributed by atoms with Gasteiger partial charge in [-0.15, -0.1) is 0 Å². The molecule has 0 saturated heterocycles. The van der Waals surface area contributed by atoms with Crippen LogP contribution in [0.4, 0.5) is 4.39 Å². The van der Waals surface area contributed by atoms with E-state index in [0.29, 0.717) is 5.56 Å². The number of carbonyl (C=O) groups excluding carboxylic acids is 1. The molecule has 2 rings (SSSR count). The van der Waals surface area contributed by atoms with Crippen molar-refractivity contribution in [3.63, 3.8) is 0 Å². The van der Waals surface area contributed by atoms with Gasteiger partial charge in [0.25, 0.3) is 0 Å². The molecule has 0 spiro atoms. The van der Waals surface area contributed by atoms with E-state index in [2.05, 4.69) is 5.32 Å². The van der Waals surface area contributed by atoms with Gasteiger partial charge < -0.3 is 10.4 Å². The van der Waals surface area contributed by atoms with E-state index in [1.54, 1.807) is 25.1 Å². The van der Waals surface area contributed by atoms with Crippen LogP contribution in [0.25, 0.3) is 0 Å². The number of aliphatic hydroxyl groups excluding tert-OH is 1. The second-order valence-electron chi connectivity index (χ2n) is 4.90. The van der Waals surface area contributed by atoms with E-state index >= 15 is 0 Å². The van der Waals surface area contributed by atoms with Gasteiger partial charge >= 0.3 is 0 Å². The van der Waals surface area contributed by atoms with Gasteiger partial charge in [0.05, 0.1) is 18.6 Å². The van der Waals surface area contributed by atoms with Crippen LogP contribution in [0.1, 0.15) is 30.0 Å². The standard InChI is InChI=1S/C17H18FNO2/c1-12(14-9-5-6-10-15(14)18)17(21)19-16(11-20)13-7-3-2-4-8-13/h2-10,12,16,20H,11H2,1H3,(H,19,21)/t12?,16-/m1/s1. The summed E-state index contributed by atoms with van der Waals surface area (Å²) in [5.74, 6) is -1.34. The molecule has 0 aliphatic rings. The maximum absolute atomic E-state index is 13.7. The fourth-order valence-corrected chi connectivity index (χ4v) is 2.18. The molecule has 0 radical (unpaired) electrons. The molecule has 0 aliphatic heterocycles. The minimum Gasteiger partial charge on any atom is -0.394 e. The van der Waals surface area contributed by atoms with Gasteiger partial charge in [0, 0.05) is 0 Å². The summed E-state index contributed by atoms with van der Waals surface area (Å²) in [6.07, 6.45) is 0. The van der Waals surface area contributed by atoms with Gasteiger partial charge in [0.2, 0.25) is 5.91 Å². The number of hydrogen-bond donors (Lipinski definition) is 2. The smallest absolute Gasteiger partial charge is 0.227 e. The van der Waals surface area contributed by atoms with Crippen molar-refractivity contribution in [3.8, 4) is 0 Å². The third-order valence-corrected chi connectivity index (χ3v) is 3.47. The molecule has 21 heavy (non-hydrogen) atoms. The van der Waals surface area contributed by atoms with Crippen LogP contribution in [0, 0.1) is 5.82 Å². The van der Waals surface area contributed by atoms with Crippen LogP contribution in [-0.4, -0.2) is 17.6 Å². The van der Waals surface area contributed by atoms with E-state index in [9.17, 15) is 14.3 Å². The van der Waals surface area contributed by atoms with Gasteiger partial charge in [-0.3, -0.25) is 4.79 Å². The van der Waals surface area contributed by atoms with Crippen LogP contribution in [-0.2, 0) is 4.79 Å². The summed E-state index contributed by atoms with van der Waals surface area (Å²) >= 11 is 0. The molecule has 0 aromatic heterocycles. The fourth-order valence-electron chi connectivity index (χ4n) is 2.18. The summed E-state index contributed by atoms with van der Waals surface area (Å²) < 4.78 is 13.7. The van der Waals surface area contributed by atoms with Gasteiger partial charge in [-0.05, 0) is 24.1 Å². The van der Waals surface area contributed by atoms with Gasteiger partial charge in [-0.25, -0.2) is 4.39 Å². The van der Waals surface area contributed by atoms with E-state index in [4.69, 9.17) is 0 Å². The van der Waals surface area contributed by atoms with E-state index in [1.165, 1.54) is 6.07 Å². The van der Waals surface area contributed by atoms with Crippen molar-refractivity contribution >= 4 is 5.91 Å². The molecule has 0 fully saturated rings. The molecule has 1 unspecified atom stereocenters. The molecule has 2 aromatic carbocycles. The summed E-state index contributed by atoms with van der Waals surface area (Å²) in [5.41, 5.74) is 1.16. The summed E-state index contributed by atoms with van der Waals surface area (Å²) in [6.45, 7) is 1.44. The van der Waals surface area contributed by atoms with Crippen LogP contribution < -0.4 is 5.32 Å². The molecule has 2 N–H and O–H groups in total. The maximum Gasteiger partial charge on any atom is 0.227 e. The first-order valence-electron chi connectivity index (χ1n) is 6.84. The summed E-state index contributed by atoms with van der Waals surface area (Å²) in [7, 11) is 0. The van der Waals surface area contributed by atoms with E-state index < -0.39 is 17.8 Å². The van der Waals surface area contributed by atoms with Crippen molar-refractivity contribution in [2.24, 2.45) is 0 Å². The van der Waals surface area contributed by atoms with Gasteiger partial charge in [0.1, 0.15) is 5.82 Å². The lowest BCUT2D eigenvalue weighted by Crippen LogP contribution is -2.34. The predicted octanol–water partition coefficient (Wildman–Crippen LogP) is 2.78. The number of benzene rings is 2. The van der Waals surface area contributed by atoms with Crippen LogP contribution in [0.2, 0.25) is 0 Å². The highest BCUT2D eigenvalue weighted by molar-refractivity contribution is 5.83. The normalized spacial score (nSPS) is 13.5. The highest BCUT2D eigenvalue weighted by Gasteiger charge is 2.21. The van der Waals surface area contributed by atoms with Crippen LogP contribution in [0.5, 0.6) is 0 Å². The Balaban J connectivity index is 2.11.